The van der Waals surface area contributed by atoms with Crippen molar-refractivity contribution >= 4 is 10.8 Å². The second-order valence-electron chi connectivity index (χ2n) is 5.60. The first kappa shape index (κ1) is 13.6. The van der Waals surface area contributed by atoms with Gasteiger partial charge in [0, 0.05) is 12.6 Å². The Kier molecular flexibility index (Phi) is 4.34. The molecule has 1 N–H and O–H groups in total. The highest BCUT2D eigenvalue weighted by Crippen LogP contribution is 2.32. The van der Waals surface area contributed by atoms with Crippen LogP contribution in [0.1, 0.15) is 37.9 Å². The van der Waals surface area contributed by atoms with E-state index in [-0.39, 0.29) is 6.10 Å². The van der Waals surface area contributed by atoms with Gasteiger partial charge in [-0.3, -0.25) is 0 Å². The third kappa shape index (κ3) is 2.87. The molecule has 0 aromatic heterocycles. The molecule has 0 bridgehead atoms. The smallest absolute Gasteiger partial charge is 0.0845 e. The van der Waals surface area contributed by atoms with Gasteiger partial charge in [0.25, 0.3) is 0 Å². The van der Waals surface area contributed by atoms with Gasteiger partial charge in [0.15, 0.2) is 0 Å². The molecule has 2 unspecified atom stereocenters. The lowest BCUT2D eigenvalue weighted by Gasteiger charge is -2.31. The Hall–Kier alpha value is -1.38. The zero-order chi connectivity index (χ0) is 13.8. The Balaban J connectivity index is 1.83. The summed E-state index contributed by atoms with van der Waals surface area (Å²) in [6, 6.07) is 15.7. The summed E-state index contributed by atoms with van der Waals surface area (Å²) in [7, 11) is 0. The van der Waals surface area contributed by atoms with Gasteiger partial charge in [0.05, 0.1) is 6.10 Å². The predicted octanol–water partition coefficient (Wildman–Crippen LogP) is 4.06. The summed E-state index contributed by atoms with van der Waals surface area (Å²) in [6.45, 7) is 4.18. The van der Waals surface area contributed by atoms with Crippen molar-refractivity contribution in [1.29, 1.82) is 0 Å². The average molecular weight is 269 g/mol. The molecule has 2 aromatic carbocycles. The zero-order valence-electron chi connectivity index (χ0n) is 12.1. The van der Waals surface area contributed by atoms with Gasteiger partial charge in [-0.1, -0.05) is 49.4 Å². The molecule has 0 aliphatic carbocycles. The minimum atomic E-state index is 0.226. The van der Waals surface area contributed by atoms with Crippen LogP contribution in [-0.2, 0) is 4.74 Å². The van der Waals surface area contributed by atoms with Crippen molar-refractivity contribution in [3.05, 3.63) is 48.0 Å². The first-order valence-electron chi connectivity index (χ1n) is 7.71. The van der Waals surface area contributed by atoms with Crippen molar-refractivity contribution in [2.75, 3.05) is 13.2 Å². The van der Waals surface area contributed by atoms with E-state index < -0.39 is 0 Å². The minimum absolute atomic E-state index is 0.226. The molecular weight excluding hydrogens is 246 g/mol. The average Bonchev–Trinajstić information content (AvgIpc) is 2.52. The topological polar surface area (TPSA) is 21.3 Å². The first-order valence-corrected chi connectivity index (χ1v) is 7.71. The van der Waals surface area contributed by atoms with E-state index in [4.69, 9.17) is 4.74 Å². The van der Waals surface area contributed by atoms with Crippen LogP contribution >= 0.6 is 0 Å². The van der Waals surface area contributed by atoms with Crippen LogP contribution in [0.15, 0.2) is 42.5 Å². The second kappa shape index (κ2) is 6.38. The van der Waals surface area contributed by atoms with E-state index in [0.29, 0.717) is 6.04 Å². The van der Waals surface area contributed by atoms with Crippen LogP contribution in [0, 0.1) is 0 Å². The Morgan fingerprint density at radius 3 is 2.90 bits per heavy atom. The number of hydrogen-bond acceptors (Lipinski definition) is 2. The molecule has 20 heavy (non-hydrogen) atoms. The Bertz CT molecular complexity index is 561. The normalized spacial score (nSPS) is 23.1. The van der Waals surface area contributed by atoms with Crippen molar-refractivity contribution in [2.45, 2.75) is 38.3 Å². The van der Waals surface area contributed by atoms with Crippen LogP contribution in [0.25, 0.3) is 10.8 Å². The van der Waals surface area contributed by atoms with E-state index >= 15 is 0 Å². The maximum Gasteiger partial charge on any atom is 0.0845 e. The second-order valence-corrected chi connectivity index (χ2v) is 5.60. The Labute approximate surface area is 121 Å². The van der Waals surface area contributed by atoms with Crippen molar-refractivity contribution < 1.29 is 4.74 Å². The van der Waals surface area contributed by atoms with Gasteiger partial charge >= 0.3 is 0 Å². The molecule has 2 nitrogen and oxygen atoms in total. The van der Waals surface area contributed by atoms with E-state index in [2.05, 4.69) is 54.7 Å². The fraction of sp³-hybridized carbons (Fsp3) is 0.444. The van der Waals surface area contributed by atoms with Crippen LogP contribution in [0.5, 0.6) is 0 Å². The van der Waals surface area contributed by atoms with Crippen LogP contribution in [0.3, 0.4) is 0 Å². The van der Waals surface area contributed by atoms with Crippen molar-refractivity contribution in [2.24, 2.45) is 0 Å². The lowest BCUT2D eigenvalue weighted by molar-refractivity contribution is 0.00121. The summed E-state index contributed by atoms with van der Waals surface area (Å²) >= 11 is 0. The standard InChI is InChI=1S/C18H23NO/c1-2-11-19-15-10-12-20-18(13-15)17-9-5-7-14-6-3-4-8-16(14)17/h3-9,15,18-19H,2,10-13H2,1H3. The molecule has 1 saturated heterocycles. The van der Waals surface area contributed by atoms with E-state index in [1.165, 1.54) is 22.8 Å². The summed E-state index contributed by atoms with van der Waals surface area (Å²) in [5.41, 5.74) is 1.34. The van der Waals surface area contributed by atoms with Gasteiger partial charge in [0.2, 0.25) is 0 Å². The monoisotopic (exact) mass is 269 g/mol. The third-order valence-electron chi connectivity index (χ3n) is 4.14. The van der Waals surface area contributed by atoms with E-state index in [0.717, 1.165) is 26.0 Å². The number of ether oxygens (including phenoxy) is 1. The van der Waals surface area contributed by atoms with Crippen molar-refractivity contribution in [3.63, 3.8) is 0 Å². The van der Waals surface area contributed by atoms with Crippen molar-refractivity contribution in [1.82, 2.24) is 5.32 Å². The Morgan fingerprint density at radius 2 is 2.00 bits per heavy atom. The largest absolute Gasteiger partial charge is 0.373 e. The van der Waals surface area contributed by atoms with E-state index in [1.807, 2.05) is 0 Å². The highest BCUT2D eigenvalue weighted by atomic mass is 16.5. The molecule has 1 aliphatic heterocycles. The fourth-order valence-electron chi connectivity index (χ4n) is 3.08. The maximum absolute atomic E-state index is 6.04. The molecule has 106 valence electrons. The SMILES string of the molecule is CCCNC1CCOC(c2cccc3ccccc23)C1. The minimum Gasteiger partial charge on any atom is -0.373 e. The van der Waals surface area contributed by atoms with Gasteiger partial charge < -0.3 is 10.1 Å². The molecule has 0 spiro atoms. The molecule has 1 aliphatic rings. The summed E-state index contributed by atoms with van der Waals surface area (Å²) in [4.78, 5) is 0. The molecule has 0 amide bonds. The molecule has 2 heteroatoms. The van der Waals surface area contributed by atoms with Crippen LogP contribution in [0.4, 0.5) is 0 Å². The summed E-state index contributed by atoms with van der Waals surface area (Å²) in [6.07, 6.45) is 3.62. The van der Waals surface area contributed by atoms with Crippen LogP contribution in [-0.4, -0.2) is 19.2 Å². The van der Waals surface area contributed by atoms with Gasteiger partial charge in [-0.05, 0) is 42.1 Å². The van der Waals surface area contributed by atoms with E-state index in [9.17, 15) is 0 Å². The third-order valence-corrected chi connectivity index (χ3v) is 4.14. The number of nitrogens with one attached hydrogen (secondary N) is 1. The number of benzene rings is 2. The highest BCUT2D eigenvalue weighted by molar-refractivity contribution is 5.86. The predicted molar refractivity (Wildman–Crippen MR) is 84.0 cm³/mol. The first-order chi connectivity index (χ1) is 9.88. The molecular formula is C18H23NO. The molecule has 0 radical (unpaired) electrons. The lowest BCUT2D eigenvalue weighted by atomic mass is 9.93. The molecule has 2 aromatic rings. The number of fused-ring (bicyclic) bond motifs is 1. The van der Waals surface area contributed by atoms with Gasteiger partial charge in [0.1, 0.15) is 0 Å². The molecule has 1 heterocycles. The highest BCUT2D eigenvalue weighted by Gasteiger charge is 2.24. The zero-order valence-corrected chi connectivity index (χ0v) is 12.1. The molecule has 2 atom stereocenters. The van der Waals surface area contributed by atoms with Crippen molar-refractivity contribution in [3.8, 4) is 0 Å². The molecule has 1 fully saturated rings. The maximum atomic E-state index is 6.04. The van der Waals surface area contributed by atoms with Gasteiger partial charge in [-0.15, -0.1) is 0 Å². The van der Waals surface area contributed by atoms with E-state index in [1.54, 1.807) is 0 Å². The summed E-state index contributed by atoms with van der Waals surface area (Å²) < 4.78 is 6.04. The number of hydrogen-bond donors (Lipinski definition) is 1. The van der Waals surface area contributed by atoms with Gasteiger partial charge in [-0.25, -0.2) is 0 Å². The van der Waals surface area contributed by atoms with Gasteiger partial charge in [-0.2, -0.15) is 0 Å². The van der Waals surface area contributed by atoms with Crippen LogP contribution < -0.4 is 5.32 Å². The quantitative estimate of drug-likeness (QED) is 0.903. The summed E-state index contributed by atoms with van der Waals surface area (Å²) in [5.74, 6) is 0. The number of rotatable bonds is 4. The van der Waals surface area contributed by atoms with Crippen LogP contribution in [0.2, 0.25) is 0 Å². The Morgan fingerprint density at radius 1 is 1.15 bits per heavy atom. The summed E-state index contributed by atoms with van der Waals surface area (Å²) in [5, 5.41) is 6.27. The molecule has 3 rings (SSSR count). The molecule has 0 saturated carbocycles. The fourth-order valence-corrected chi connectivity index (χ4v) is 3.08. The lowest BCUT2D eigenvalue weighted by Crippen LogP contribution is -2.36.